The third kappa shape index (κ3) is 5.73. The van der Waals surface area contributed by atoms with Crippen LogP contribution in [0.4, 0.5) is 4.39 Å². The van der Waals surface area contributed by atoms with Gasteiger partial charge in [-0.05, 0) is 36.2 Å². The molecular formula is C25H28FN3O3. The average Bonchev–Trinajstić information content (AvgIpc) is 3.19. The summed E-state index contributed by atoms with van der Waals surface area (Å²) >= 11 is 0. The Labute approximate surface area is 187 Å². The molecule has 2 heterocycles. The minimum atomic E-state index is -0.286. The average molecular weight is 438 g/mol. The molecule has 32 heavy (non-hydrogen) atoms. The van der Waals surface area contributed by atoms with Crippen LogP contribution in [-0.2, 0) is 29.0 Å². The van der Waals surface area contributed by atoms with Crippen LogP contribution < -0.4 is 4.74 Å². The summed E-state index contributed by atoms with van der Waals surface area (Å²) in [5.74, 6) is 1.35. The predicted molar refractivity (Wildman–Crippen MR) is 119 cm³/mol. The van der Waals surface area contributed by atoms with Gasteiger partial charge in [0.25, 0.3) is 0 Å². The lowest BCUT2D eigenvalue weighted by atomic mass is 10.0. The lowest BCUT2D eigenvalue weighted by Gasteiger charge is -2.24. The first-order valence-corrected chi connectivity index (χ1v) is 10.9. The van der Waals surface area contributed by atoms with Gasteiger partial charge in [0.05, 0.1) is 13.2 Å². The highest BCUT2D eigenvalue weighted by molar-refractivity contribution is 5.76. The normalized spacial score (nSPS) is 14.9. The monoisotopic (exact) mass is 437 g/mol. The zero-order valence-electron chi connectivity index (χ0n) is 18.3. The maximum absolute atomic E-state index is 13.9. The second kappa shape index (κ2) is 10.4. The molecular weight excluding hydrogens is 409 g/mol. The highest BCUT2D eigenvalue weighted by Crippen LogP contribution is 2.24. The van der Waals surface area contributed by atoms with Crippen molar-refractivity contribution in [1.29, 1.82) is 0 Å². The Hall–Kier alpha value is -3.19. The van der Waals surface area contributed by atoms with Gasteiger partial charge in [-0.15, -0.1) is 0 Å². The molecule has 0 fully saturated rings. The Bertz CT molecular complexity index is 1070. The van der Waals surface area contributed by atoms with Crippen molar-refractivity contribution < 1.29 is 18.7 Å². The van der Waals surface area contributed by atoms with Gasteiger partial charge in [-0.3, -0.25) is 4.79 Å². The molecule has 0 radical (unpaired) electrons. The van der Waals surface area contributed by atoms with E-state index < -0.39 is 0 Å². The Kier molecular flexibility index (Phi) is 7.17. The van der Waals surface area contributed by atoms with Gasteiger partial charge in [0, 0.05) is 50.4 Å². The fourth-order valence-electron chi connectivity index (χ4n) is 3.90. The largest absolute Gasteiger partial charge is 0.491 e. The number of halogens is 1. The molecule has 1 aromatic heterocycles. The number of aryl methyl sites for hydroxylation is 2. The van der Waals surface area contributed by atoms with Crippen molar-refractivity contribution in [3.63, 3.8) is 0 Å². The van der Waals surface area contributed by atoms with E-state index in [9.17, 15) is 9.18 Å². The van der Waals surface area contributed by atoms with Crippen LogP contribution in [0.25, 0.3) is 0 Å². The minimum Gasteiger partial charge on any atom is -0.491 e. The van der Waals surface area contributed by atoms with E-state index in [2.05, 4.69) is 11.1 Å². The molecule has 0 unspecified atom stereocenters. The first-order chi connectivity index (χ1) is 15.6. The van der Waals surface area contributed by atoms with Gasteiger partial charge in [0.2, 0.25) is 5.91 Å². The molecule has 2 bridgehead atoms. The number of nitrogens with zero attached hydrogens (tertiary/aromatic N) is 3. The number of fused-ring (bicyclic) bond motifs is 3. The van der Waals surface area contributed by atoms with Crippen LogP contribution in [0.15, 0.2) is 54.9 Å². The van der Waals surface area contributed by atoms with E-state index in [1.807, 2.05) is 40.8 Å². The molecule has 0 atom stereocenters. The number of imidazole rings is 1. The molecule has 168 valence electrons. The van der Waals surface area contributed by atoms with Crippen LogP contribution in [-0.4, -0.2) is 46.7 Å². The lowest BCUT2D eigenvalue weighted by molar-refractivity contribution is -0.132. The van der Waals surface area contributed by atoms with Gasteiger partial charge in [-0.1, -0.05) is 24.3 Å². The van der Waals surface area contributed by atoms with Gasteiger partial charge in [0.15, 0.2) is 0 Å². The smallest absolute Gasteiger partial charge is 0.224 e. The fraction of sp³-hybridized carbons (Fsp3) is 0.360. The molecule has 0 spiro atoms. The number of hydrogen-bond acceptors (Lipinski definition) is 4. The maximum atomic E-state index is 13.9. The highest BCUT2D eigenvalue weighted by atomic mass is 19.1. The van der Waals surface area contributed by atoms with E-state index in [4.69, 9.17) is 9.47 Å². The number of carbonyl (C=O) groups is 1. The first-order valence-electron chi connectivity index (χ1n) is 10.9. The maximum Gasteiger partial charge on any atom is 0.224 e. The number of aromatic nitrogens is 2. The zero-order chi connectivity index (χ0) is 22.3. The Morgan fingerprint density at radius 1 is 1.12 bits per heavy atom. The van der Waals surface area contributed by atoms with Crippen molar-refractivity contribution in [3.8, 4) is 5.75 Å². The summed E-state index contributed by atoms with van der Waals surface area (Å²) < 4.78 is 27.4. The molecule has 6 nitrogen and oxygen atoms in total. The topological polar surface area (TPSA) is 56.6 Å². The highest BCUT2D eigenvalue weighted by Gasteiger charge is 2.16. The Balaban J connectivity index is 1.52. The third-order valence-electron chi connectivity index (χ3n) is 5.62. The van der Waals surface area contributed by atoms with Crippen LogP contribution in [0.5, 0.6) is 5.75 Å². The Morgan fingerprint density at radius 3 is 2.84 bits per heavy atom. The molecule has 3 aromatic rings. The van der Waals surface area contributed by atoms with E-state index in [1.54, 1.807) is 12.3 Å². The molecule has 1 amide bonds. The van der Waals surface area contributed by atoms with Crippen molar-refractivity contribution >= 4 is 5.91 Å². The van der Waals surface area contributed by atoms with E-state index in [1.165, 1.54) is 12.1 Å². The lowest BCUT2D eigenvalue weighted by Crippen LogP contribution is -2.34. The molecule has 1 aliphatic rings. The molecule has 0 saturated heterocycles. The number of amides is 1. The molecule has 0 saturated carbocycles. The number of ether oxygens (including phenoxy) is 2. The summed E-state index contributed by atoms with van der Waals surface area (Å²) in [6, 6.07) is 12.7. The van der Waals surface area contributed by atoms with Crippen LogP contribution >= 0.6 is 0 Å². The predicted octanol–water partition coefficient (Wildman–Crippen LogP) is 3.75. The summed E-state index contributed by atoms with van der Waals surface area (Å²) in [6.45, 7) is 4.73. The SMILES string of the molecule is Cc1nccn1CCC(=O)N1CCOCCOc2ccc(F)cc2Cc2cccc(c2)C1. The second-order valence-corrected chi connectivity index (χ2v) is 7.94. The summed E-state index contributed by atoms with van der Waals surface area (Å²) in [5.41, 5.74) is 2.88. The Morgan fingerprint density at radius 2 is 2.00 bits per heavy atom. The van der Waals surface area contributed by atoms with Crippen molar-refractivity contribution in [3.05, 3.63) is 83.2 Å². The standard InChI is InChI=1S/C25H28FN3O3/c1-19-27-8-10-28(19)9-7-25(30)29-11-12-31-13-14-32-24-6-5-23(26)17-22(24)16-20-3-2-4-21(15-20)18-29/h2-6,8,10,15,17H,7,9,11-14,16,18H2,1H3. The summed E-state index contributed by atoms with van der Waals surface area (Å²) in [4.78, 5) is 19.1. The molecule has 7 heteroatoms. The van der Waals surface area contributed by atoms with Gasteiger partial charge >= 0.3 is 0 Å². The molecule has 1 aliphatic heterocycles. The minimum absolute atomic E-state index is 0.0721. The van der Waals surface area contributed by atoms with Gasteiger partial charge in [0.1, 0.15) is 24.0 Å². The second-order valence-electron chi connectivity index (χ2n) is 7.94. The molecule has 0 aliphatic carbocycles. The molecule has 0 N–H and O–H groups in total. The van der Waals surface area contributed by atoms with E-state index in [0.717, 1.165) is 22.5 Å². The molecule has 2 aromatic carbocycles. The van der Waals surface area contributed by atoms with Crippen molar-refractivity contribution in [2.45, 2.75) is 32.9 Å². The summed E-state index contributed by atoms with van der Waals surface area (Å²) in [6.07, 6.45) is 4.58. The molecule has 4 rings (SSSR count). The van der Waals surface area contributed by atoms with E-state index >= 15 is 0 Å². The van der Waals surface area contributed by atoms with Crippen LogP contribution in [0.1, 0.15) is 28.9 Å². The van der Waals surface area contributed by atoms with Gasteiger partial charge in [-0.2, -0.15) is 0 Å². The van der Waals surface area contributed by atoms with Crippen LogP contribution in [0.2, 0.25) is 0 Å². The van der Waals surface area contributed by atoms with Crippen LogP contribution in [0.3, 0.4) is 0 Å². The van der Waals surface area contributed by atoms with Gasteiger partial charge < -0.3 is 18.9 Å². The number of hydrogen-bond donors (Lipinski definition) is 0. The fourth-order valence-corrected chi connectivity index (χ4v) is 3.90. The van der Waals surface area contributed by atoms with Crippen LogP contribution in [0, 0.1) is 12.7 Å². The number of rotatable bonds is 3. The first kappa shape index (κ1) is 22.0. The van der Waals surface area contributed by atoms with Crippen molar-refractivity contribution in [1.82, 2.24) is 14.5 Å². The summed E-state index contributed by atoms with van der Waals surface area (Å²) in [7, 11) is 0. The van der Waals surface area contributed by atoms with Crippen molar-refractivity contribution in [2.24, 2.45) is 0 Å². The zero-order valence-corrected chi connectivity index (χ0v) is 18.3. The summed E-state index contributed by atoms with van der Waals surface area (Å²) in [5, 5.41) is 0. The third-order valence-corrected chi connectivity index (χ3v) is 5.62. The van der Waals surface area contributed by atoms with Crippen molar-refractivity contribution in [2.75, 3.05) is 26.4 Å². The van der Waals surface area contributed by atoms with E-state index in [0.29, 0.717) is 58.0 Å². The van der Waals surface area contributed by atoms with Gasteiger partial charge in [-0.25, -0.2) is 9.37 Å². The number of benzene rings is 2. The number of carbonyl (C=O) groups excluding carboxylic acids is 1. The quantitative estimate of drug-likeness (QED) is 0.626. The van der Waals surface area contributed by atoms with E-state index in [-0.39, 0.29) is 11.7 Å².